The summed E-state index contributed by atoms with van der Waals surface area (Å²) in [4.78, 5) is 14.7. The minimum absolute atomic E-state index is 0. The largest absolute Gasteiger partial charge is 0.336 e. The van der Waals surface area contributed by atoms with Crippen LogP contribution in [0, 0.1) is 0 Å². The quantitative estimate of drug-likeness (QED) is 0.900. The number of fused-ring (bicyclic) bond motifs is 1. The molecule has 122 valence electrons. The Morgan fingerprint density at radius 2 is 1.87 bits per heavy atom. The fourth-order valence-electron chi connectivity index (χ4n) is 2.97. The number of carbonyl (C=O) groups excluding carboxylic acids is 1. The van der Waals surface area contributed by atoms with Crippen LogP contribution in [0.1, 0.15) is 23.6 Å². The highest BCUT2D eigenvalue weighted by Gasteiger charge is 2.35. The predicted molar refractivity (Wildman–Crippen MR) is 95.8 cm³/mol. The monoisotopic (exact) mass is 350 g/mol. The van der Waals surface area contributed by atoms with Gasteiger partial charge in [-0.1, -0.05) is 54.1 Å². The van der Waals surface area contributed by atoms with E-state index < -0.39 is 5.54 Å². The van der Waals surface area contributed by atoms with E-state index in [1.807, 2.05) is 53.4 Å². The predicted octanol–water partition coefficient (Wildman–Crippen LogP) is 3.52. The summed E-state index contributed by atoms with van der Waals surface area (Å²) in [5.74, 6) is -0.0516. The number of amides is 1. The van der Waals surface area contributed by atoms with Gasteiger partial charge < -0.3 is 10.6 Å². The summed E-state index contributed by atoms with van der Waals surface area (Å²) in [5.41, 5.74) is 8.41. The molecule has 1 aliphatic heterocycles. The average molecular weight is 351 g/mol. The molecule has 0 bridgehead atoms. The van der Waals surface area contributed by atoms with Gasteiger partial charge in [0.05, 0.1) is 0 Å². The van der Waals surface area contributed by atoms with Gasteiger partial charge in [-0.3, -0.25) is 4.79 Å². The van der Waals surface area contributed by atoms with Gasteiger partial charge in [-0.05, 0) is 36.1 Å². The zero-order chi connectivity index (χ0) is 15.7. The van der Waals surface area contributed by atoms with Crippen LogP contribution in [0.5, 0.6) is 0 Å². The number of hydrogen-bond acceptors (Lipinski definition) is 2. The van der Waals surface area contributed by atoms with E-state index in [0.29, 0.717) is 13.1 Å². The Balaban J connectivity index is 0.00000192. The number of carbonyl (C=O) groups is 1. The first-order chi connectivity index (χ1) is 10.5. The number of halogens is 2. The van der Waals surface area contributed by atoms with Crippen molar-refractivity contribution in [2.75, 3.05) is 6.54 Å². The Bertz CT molecular complexity index is 701. The molecule has 1 atom stereocenters. The van der Waals surface area contributed by atoms with Crippen molar-refractivity contribution in [1.29, 1.82) is 0 Å². The zero-order valence-corrected chi connectivity index (χ0v) is 14.5. The Kier molecular flexibility index (Phi) is 5.35. The minimum Gasteiger partial charge on any atom is -0.336 e. The number of rotatable bonds is 2. The van der Waals surface area contributed by atoms with Crippen molar-refractivity contribution >= 4 is 29.9 Å². The fourth-order valence-corrected chi connectivity index (χ4v) is 3.26. The molecule has 0 aliphatic carbocycles. The van der Waals surface area contributed by atoms with Gasteiger partial charge in [0.25, 0.3) is 0 Å². The molecular formula is C18H20Cl2N2O. The van der Waals surface area contributed by atoms with Gasteiger partial charge in [0.1, 0.15) is 5.54 Å². The number of nitrogens with zero attached hydrogens (tertiary/aromatic N) is 1. The molecule has 1 aliphatic rings. The van der Waals surface area contributed by atoms with Crippen LogP contribution in [0.4, 0.5) is 0 Å². The van der Waals surface area contributed by atoms with Crippen LogP contribution < -0.4 is 5.73 Å². The van der Waals surface area contributed by atoms with Crippen LogP contribution in [0.25, 0.3) is 0 Å². The lowest BCUT2D eigenvalue weighted by atomic mass is 9.90. The standard InChI is InChI=1S/C18H19ClN2O.ClH/c1-18(20,14-7-3-2-4-8-14)17(22)21-11-10-15-13(12-21)6-5-9-16(15)19;/h2-9H,10-12,20H2,1H3;1H. The van der Waals surface area contributed by atoms with E-state index in [9.17, 15) is 4.79 Å². The molecule has 0 saturated carbocycles. The number of benzene rings is 2. The molecule has 1 amide bonds. The van der Waals surface area contributed by atoms with Crippen LogP contribution in [-0.2, 0) is 23.3 Å². The van der Waals surface area contributed by atoms with E-state index >= 15 is 0 Å². The molecule has 1 unspecified atom stereocenters. The second-order valence-corrected chi connectivity index (χ2v) is 6.33. The normalized spacial score (nSPS) is 16.0. The molecule has 5 heteroatoms. The number of nitrogens with two attached hydrogens (primary N) is 1. The van der Waals surface area contributed by atoms with Crippen LogP contribution in [0.3, 0.4) is 0 Å². The molecule has 0 aromatic heterocycles. The van der Waals surface area contributed by atoms with Gasteiger partial charge in [0.2, 0.25) is 5.91 Å². The summed E-state index contributed by atoms with van der Waals surface area (Å²) in [6.07, 6.45) is 0.769. The zero-order valence-electron chi connectivity index (χ0n) is 13.0. The van der Waals surface area contributed by atoms with E-state index in [0.717, 1.165) is 28.1 Å². The summed E-state index contributed by atoms with van der Waals surface area (Å²) >= 11 is 6.23. The molecule has 0 saturated heterocycles. The third-order valence-electron chi connectivity index (χ3n) is 4.31. The van der Waals surface area contributed by atoms with Crippen LogP contribution in [0.2, 0.25) is 5.02 Å². The summed E-state index contributed by atoms with van der Waals surface area (Å²) in [6, 6.07) is 15.4. The summed E-state index contributed by atoms with van der Waals surface area (Å²) in [5, 5.41) is 0.781. The molecule has 0 spiro atoms. The molecular weight excluding hydrogens is 331 g/mol. The molecule has 2 aromatic carbocycles. The van der Waals surface area contributed by atoms with Gasteiger partial charge in [-0.25, -0.2) is 0 Å². The first-order valence-electron chi connectivity index (χ1n) is 7.40. The highest BCUT2D eigenvalue weighted by Crippen LogP contribution is 2.28. The molecule has 3 rings (SSSR count). The van der Waals surface area contributed by atoms with Gasteiger partial charge >= 0.3 is 0 Å². The van der Waals surface area contributed by atoms with Crippen molar-refractivity contribution in [3.8, 4) is 0 Å². The summed E-state index contributed by atoms with van der Waals surface area (Å²) < 4.78 is 0. The van der Waals surface area contributed by atoms with Crippen LogP contribution in [0.15, 0.2) is 48.5 Å². The molecule has 23 heavy (non-hydrogen) atoms. The van der Waals surface area contributed by atoms with Crippen molar-refractivity contribution in [2.24, 2.45) is 5.73 Å². The van der Waals surface area contributed by atoms with Crippen molar-refractivity contribution in [3.05, 3.63) is 70.2 Å². The third-order valence-corrected chi connectivity index (χ3v) is 4.67. The van der Waals surface area contributed by atoms with E-state index in [4.69, 9.17) is 17.3 Å². The topological polar surface area (TPSA) is 46.3 Å². The van der Waals surface area contributed by atoms with Gasteiger partial charge in [-0.2, -0.15) is 0 Å². The Morgan fingerprint density at radius 3 is 2.57 bits per heavy atom. The maximum atomic E-state index is 12.9. The highest BCUT2D eigenvalue weighted by molar-refractivity contribution is 6.31. The molecule has 2 N–H and O–H groups in total. The van der Waals surface area contributed by atoms with E-state index in [-0.39, 0.29) is 18.3 Å². The van der Waals surface area contributed by atoms with Crippen LogP contribution >= 0.6 is 24.0 Å². The maximum Gasteiger partial charge on any atom is 0.247 e. The second-order valence-electron chi connectivity index (χ2n) is 5.92. The van der Waals surface area contributed by atoms with Crippen molar-refractivity contribution in [3.63, 3.8) is 0 Å². The lowest BCUT2D eigenvalue weighted by Crippen LogP contribution is -2.52. The van der Waals surface area contributed by atoms with Crippen molar-refractivity contribution in [1.82, 2.24) is 4.90 Å². The Hall–Kier alpha value is -1.55. The molecule has 3 nitrogen and oxygen atoms in total. The van der Waals surface area contributed by atoms with Gasteiger partial charge in [0, 0.05) is 18.1 Å². The summed E-state index contributed by atoms with van der Waals surface area (Å²) in [6.45, 7) is 2.99. The first kappa shape index (κ1) is 17.8. The lowest BCUT2D eigenvalue weighted by molar-refractivity contribution is -0.137. The third kappa shape index (κ3) is 3.37. The van der Waals surface area contributed by atoms with E-state index in [1.54, 1.807) is 6.92 Å². The molecule has 0 fully saturated rings. The number of hydrogen-bond donors (Lipinski definition) is 1. The smallest absolute Gasteiger partial charge is 0.247 e. The first-order valence-corrected chi connectivity index (χ1v) is 7.78. The summed E-state index contributed by atoms with van der Waals surface area (Å²) in [7, 11) is 0. The van der Waals surface area contributed by atoms with Crippen molar-refractivity contribution in [2.45, 2.75) is 25.4 Å². The molecule has 2 aromatic rings. The Morgan fingerprint density at radius 1 is 1.17 bits per heavy atom. The minimum atomic E-state index is -1.02. The molecule has 0 radical (unpaired) electrons. The van der Waals surface area contributed by atoms with Crippen LogP contribution in [-0.4, -0.2) is 17.4 Å². The average Bonchev–Trinajstić information content (AvgIpc) is 2.55. The highest BCUT2D eigenvalue weighted by atomic mass is 35.5. The van der Waals surface area contributed by atoms with Gasteiger partial charge in [0.15, 0.2) is 0 Å². The second kappa shape index (κ2) is 6.91. The maximum absolute atomic E-state index is 12.9. The van der Waals surface area contributed by atoms with Gasteiger partial charge in [-0.15, -0.1) is 12.4 Å². The fraction of sp³-hybridized carbons (Fsp3) is 0.278. The lowest BCUT2D eigenvalue weighted by Gasteiger charge is -2.35. The Labute approximate surface area is 147 Å². The van der Waals surface area contributed by atoms with Crippen molar-refractivity contribution < 1.29 is 4.79 Å². The van der Waals surface area contributed by atoms with E-state index in [2.05, 4.69) is 0 Å². The molecule has 1 heterocycles. The van der Waals surface area contributed by atoms with E-state index in [1.165, 1.54) is 0 Å². The SMILES string of the molecule is CC(N)(C(=O)N1CCc2c(Cl)cccc2C1)c1ccccc1.Cl.